The Morgan fingerprint density at radius 1 is 1.29 bits per heavy atom. The number of ether oxygens (including phenoxy) is 1. The maximum absolute atomic E-state index is 5.49. The van der Waals surface area contributed by atoms with Crippen molar-refractivity contribution < 1.29 is 4.74 Å². The maximum atomic E-state index is 5.49. The number of nitrogens with one attached hydrogen (secondary N) is 1. The summed E-state index contributed by atoms with van der Waals surface area (Å²) in [6.45, 7) is 7.98. The number of unbranched alkanes of at least 4 members (excludes halogenated alkanes) is 1. The number of aromatic nitrogens is 1. The van der Waals surface area contributed by atoms with Crippen molar-refractivity contribution in [3.63, 3.8) is 0 Å². The Kier molecular flexibility index (Phi) is 8.22. The normalized spacial score (nSPS) is 10.9. The van der Waals surface area contributed by atoms with Crippen LogP contribution in [0, 0.1) is 0 Å². The lowest BCUT2D eigenvalue weighted by Gasteiger charge is -2.04. The molecule has 0 radical (unpaired) electrons. The van der Waals surface area contributed by atoms with Crippen molar-refractivity contribution >= 4 is 11.3 Å². The Bertz CT molecular complexity index is 289. The van der Waals surface area contributed by atoms with Crippen LogP contribution in [0.3, 0.4) is 0 Å². The molecule has 1 aromatic rings. The molecule has 0 saturated heterocycles. The van der Waals surface area contributed by atoms with Gasteiger partial charge in [-0.2, -0.15) is 0 Å². The highest BCUT2D eigenvalue weighted by Gasteiger charge is 1.99. The van der Waals surface area contributed by atoms with Crippen molar-refractivity contribution in [1.82, 2.24) is 10.3 Å². The number of hydrogen-bond acceptors (Lipinski definition) is 4. The van der Waals surface area contributed by atoms with E-state index in [4.69, 9.17) is 4.74 Å². The first-order valence-electron chi connectivity index (χ1n) is 6.58. The summed E-state index contributed by atoms with van der Waals surface area (Å²) in [6.07, 6.45) is 4.50. The van der Waals surface area contributed by atoms with Crippen LogP contribution < -0.4 is 5.32 Å². The molecule has 0 unspecified atom stereocenters. The molecule has 4 heteroatoms. The van der Waals surface area contributed by atoms with Crippen LogP contribution in [0.5, 0.6) is 0 Å². The van der Waals surface area contributed by atoms with Crippen molar-refractivity contribution in [3.8, 4) is 0 Å². The minimum Gasteiger partial charge on any atom is -0.381 e. The summed E-state index contributed by atoms with van der Waals surface area (Å²) in [6, 6.07) is 0. The van der Waals surface area contributed by atoms with Crippen LogP contribution >= 0.6 is 11.3 Å². The van der Waals surface area contributed by atoms with Crippen LogP contribution in [-0.2, 0) is 17.7 Å². The summed E-state index contributed by atoms with van der Waals surface area (Å²) < 4.78 is 5.49. The fourth-order valence-corrected chi connectivity index (χ4v) is 2.20. The number of nitrogens with zero attached hydrogens (tertiary/aromatic N) is 1. The third kappa shape index (κ3) is 6.76. The van der Waals surface area contributed by atoms with Crippen LogP contribution in [0.1, 0.15) is 43.8 Å². The van der Waals surface area contributed by atoms with Gasteiger partial charge >= 0.3 is 0 Å². The fourth-order valence-electron chi connectivity index (χ4n) is 1.46. The van der Waals surface area contributed by atoms with E-state index >= 15 is 0 Å². The van der Waals surface area contributed by atoms with Crippen molar-refractivity contribution in [3.05, 3.63) is 16.1 Å². The fraction of sp³-hybridized carbons (Fsp3) is 0.769. The zero-order valence-corrected chi connectivity index (χ0v) is 11.8. The van der Waals surface area contributed by atoms with Gasteiger partial charge in [-0.3, -0.25) is 0 Å². The number of hydrogen-bond donors (Lipinski definition) is 1. The monoisotopic (exact) mass is 256 g/mol. The largest absolute Gasteiger partial charge is 0.381 e. The molecule has 1 N–H and O–H groups in total. The van der Waals surface area contributed by atoms with E-state index < -0.39 is 0 Å². The third-order valence-corrected chi connectivity index (χ3v) is 3.53. The van der Waals surface area contributed by atoms with E-state index in [2.05, 4.69) is 29.5 Å². The number of rotatable bonds is 10. The lowest BCUT2D eigenvalue weighted by Crippen LogP contribution is -2.16. The summed E-state index contributed by atoms with van der Waals surface area (Å²) >= 11 is 1.75. The van der Waals surface area contributed by atoms with Crippen LogP contribution in [0.4, 0.5) is 0 Å². The average Bonchev–Trinajstić information content (AvgIpc) is 2.80. The minimum atomic E-state index is 0.865. The second kappa shape index (κ2) is 9.57. The van der Waals surface area contributed by atoms with E-state index in [9.17, 15) is 0 Å². The molecule has 0 atom stereocenters. The van der Waals surface area contributed by atoms with Gasteiger partial charge in [0.05, 0.1) is 10.7 Å². The summed E-state index contributed by atoms with van der Waals surface area (Å²) in [7, 11) is 0. The Labute approximate surface area is 109 Å². The van der Waals surface area contributed by atoms with E-state index in [0.29, 0.717) is 0 Å². The van der Waals surface area contributed by atoms with Gasteiger partial charge in [-0.25, -0.2) is 4.98 Å². The van der Waals surface area contributed by atoms with Gasteiger partial charge in [-0.15, -0.1) is 11.3 Å². The zero-order valence-electron chi connectivity index (χ0n) is 11.0. The topological polar surface area (TPSA) is 34.1 Å². The summed E-state index contributed by atoms with van der Waals surface area (Å²) in [5, 5.41) is 6.76. The molecule has 1 heterocycles. The molecule has 0 aliphatic carbocycles. The van der Waals surface area contributed by atoms with Gasteiger partial charge in [0, 0.05) is 25.1 Å². The molecule has 1 aromatic heterocycles. The first-order chi connectivity index (χ1) is 8.36. The predicted octanol–water partition coefficient (Wildman–Crippen LogP) is 3.00. The average molecular weight is 256 g/mol. The van der Waals surface area contributed by atoms with Crippen molar-refractivity contribution in [2.24, 2.45) is 0 Å². The summed E-state index contributed by atoms with van der Waals surface area (Å²) in [4.78, 5) is 4.51. The van der Waals surface area contributed by atoms with Gasteiger partial charge in [0.1, 0.15) is 0 Å². The molecule has 1 rings (SSSR count). The van der Waals surface area contributed by atoms with E-state index in [1.54, 1.807) is 11.3 Å². The molecule has 0 amide bonds. The van der Waals surface area contributed by atoms with Gasteiger partial charge in [0.15, 0.2) is 0 Å². The number of aryl methyl sites for hydroxylation is 1. The molecule has 98 valence electrons. The highest BCUT2D eigenvalue weighted by atomic mass is 32.1. The van der Waals surface area contributed by atoms with Crippen LogP contribution in [0.25, 0.3) is 0 Å². The highest BCUT2D eigenvalue weighted by Crippen LogP contribution is 2.09. The first-order valence-corrected chi connectivity index (χ1v) is 7.46. The Hall–Kier alpha value is -0.450. The molecule has 0 aliphatic rings. The molecule has 3 nitrogen and oxygen atoms in total. The van der Waals surface area contributed by atoms with E-state index in [-0.39, 0.29) is 0 Å². The first kappa shape index (κ1) is 14.6. The third-order valence-electron chi connectivity index (χ3n) is 2.49. The van der Waals surface area contributed by atoms with Crippen LogP contribution in [0.15, 0.2) is 5.38 Å². The smallest absolute Gasteiger partial charge is 0.0926 e. The highest BCUT2D eigenvalue weighted by molar-refractivity contribution is 7.09. The van der Waals surface area contributed by atoms with Crippen molar-refractivity contribution in [1.29, 1.82) is 0 Å². The van der Waals surface area contributed by atoms with E-state index in [1.165, 1.54) is 23.5 Å². The maximum Gasteiger partial charge on any atom is 0.0926 e. The van der Waals surface area contributed by atoms with Gasteiger partial charge in [-0.05, 0) is 25.8 Å². The molecule has 0 spiro atoms. The molecule has 17 heavy (non-hydrogen) atoms. The molecular formula is C13H24N2OS. The SMILES string of the molecule is CCCCOCCCNCc1csc(CC)n1. The molecule has 0 bridgehead atoms. The lowest BCUT2D eigenvalue weighted by atomic mass is 10.3. The van der Waals surface area contributed by atoms with E-state index in [0.717, 1.165) is 39.1 Å². The van der Waals surface area contributed by atoms with E-state index in [1.807, 2.05) is 0 Å². The van der Waals surface area contributed by atoms with Gasteiger partial charge < -0.3 is 10.1 Å². The van der Waals surface area contributed by atoms with Crippen molar-refractivity contribution in [2.45, 2.75) is 46.1 Å². The van der Waals surface area contributed by atoms with Crippen molar-refractivity contribution in [2.75, 3.05) is 19.8 Å². The van der Waals surface area contributed by atoms with Gasteiger partial charge in [0.2, 0.25) is 0 Å². The zero-order chi connectivity index (χ0) is 12.3. The van der Waals surface area contributed by atoms with Crippen LogP contribution in [0.2, 0.25) is 0 Å². The Morgan fingerprint density at radius 2 is 2.12 bits per heavy atom. The molecule has 0 aromatic carbocycles. The lowest BCUT2D eigenvalue weighted by molar-refractivity contribution is 0.128. The summed E-state index contributed by atoms with van der Waals surface area (Å²) in [5.74, 6) is 0. The number of thiazole rings is 1. The predicted molar refractivity (Wildman–Crippen MR) is 73.5 cm³/mol. The Balaban J connectivity index is 1.93. The molecule has 0 aliphatic heterocycles. The minimum absolute atomic E-state index is 0.865. The second-order valence-electron chi connectivity index (χ2n) is 4.08. The molecule has 0 saturated carbocycles. The van der Waals surface area contributed by atoms with Crippen LogP contribution in [-0.4, -0.2) is 24.7 Å². The molecule has 0 fully saturated rings. The molecular weight excluding hydrogens is 232 g/mol. The quantitative estimate of drug-likeness (QED) is 0.653. The second-order valence-corrected chi connectivity index (χ2v) is 5.03. The standard InChI is InChI=1S/C13H24N2OS/c1-3-5-8-16-9-6-7-14-10-12-11-17-13(4-2)15-12/h11,14H,3-10H2,1-2H3. The van der Waals surface area contributed by atoms with Gasteiger partial charge in [-0.1, -0.05) is 20.3 Å². The Morgan fingerprint density at radius 3 is 2.82 bits per heavy atom. The van der Waals surface area contributed by atoms with Gasteiger partial charge in [0.25, 0.3) is 0 Å². The summed E-state index contributed by atoms with van der Waals surface area (Å²) in [5.41, 5.74) is 1.17.